The Morgan fingerprint density at radius 1 is 1.39 bits per heavy atom. The minimum Gasteiger partial charge on any atom is -0.451 e. The van der Waals surface area contributed by atoms with E-state index in [9.17, 15) is 19.2 Å². The fraction of sp³-hybridized carbons (Fsp3) is 0.500. The molecule has 0 bridgehead atoms. The van der Waals surface area contributed by atoms with Gasteiger partial charge in [0.2, 0.25) is 0 Å². The maximum absolute atomic E-state index is 12.5. The Morgan fingerprint density at radius 2 is 2.11 bits per heavy atom. The second-order valence-corrected chi connectivity index (χ2v) is 7.18. The normalized spacial score (nSPS) is 19.9. The van der Waals surface area contributed by atoms with Gasteiger partial charge in [-0.2, -0.15) is 0 Å². The van der Waals surface area contributed by atoms with Gasteiger partial charge in [0.15, 0.2) is 6.10 Å². The van der Waals surface area contributed by atoms with E-state index in [1.807, 2.05) is 6.92 Å². The molecule has 1 aromatic heterocycles. The Hall–Kier alpha value is -2.68. The third-order valence-corrected chi connectivity index (χ3v) is 4.54. The number of unbranched alkanes of at least 4 members (excludes halogenated alkanes) is 1. The molecule has 0 unspecified atom stereocenters. The Labute approximate surface area is 167 Å². The number of aromatic nitrogens is 1. The van der Waals surface area contributed by atoms with Crippen molar-refractivity contribution in [3.05, 3.63) is 23.4 Å². The van der Waals surface area contributed by atoms with Crippen LogP contribution in [0.1, 0.15) is 40.0 Å². The summed E-state index contributed by atoms with van der Waals surface area (Å²) in [5, 5.41) is 5.50. The first-order chi connectivity index (χ1) is 13.2. The van der Waals surface area contributed by atoms with Crippen molar-refractivity contribution in [3.63, 3.8) is 0 Å². The molecule has 1 saturated heterocycles. The van der Waals surface area contributed by atoms with Crippen molar-refractivity contribution in [2.24, 2.45) is 0 Å². The van der Waals surface area contributed by atoms with Crippen molar-refractivity contribution in [1.29, 1.82) is 0 Å². The minimum atomic E-state index is -1.14. The molecule has 1 fully saturated rings. The minimum absolute atomic E-state index is 0.248. The van der Waals surface area contributed by atoms with E-state index in [1.165, 1.54) is 19.2 Å². The highest BCUT2D eigenvalue weighted by Crippen LogP contribution is 2.23. The molecular weight excluding hydrogens is 388 g/mol. The van der Waals surface area contributed by atoms with E-state index in [0.717, 1.165) is 17.7 Å². The summed E-state index contributed by atoms with van der Waals surface area (Å²) >= 11 is 5.72. The van der Waals surface area contributed by atoms with Crippen LogP contribution in [0.25, 0.3) is 0 Å². The summed E-state index contributed by atoms with van der Waals surface area (Å²) in [6, 6.07) is 2.40. The number of esters is 1. The average Bonchev–Trinajstić information content (AvgIpc) is 2.85. The predicted octanol–water partition coefficient (Wildman–Crippen LogP) is 2.11. The van der Waals surface area contributed by atoms with Crippen LogP contribution in [0.3, 0.4) is 0 Å². The summed E-state index contributed by atoms with van der Waals surface area (Å²) < 4.78 is 5.04. The van der Waals surface area contributed by atoms with E-state index in [2.05, 4.69) is 15.6 Å². The summed E-state index contributed by atoms with van der Waals surface area (Å²) in [4.78, 5) is 53.5. The zero-order valence-electron chi connectivity index (χ0n) is 16.0. The van der Waals surface area contributed by atoms with Gasteiger partial charge in [-0.05, 0) is 32.4 Å². The largest absolute Gasteiger partial charge is 0.451 e. The lowest BCUT2D eigenvalue weighted by Crippen LogP contribution is -2.44. The fourth-order valence-electron chi connectivity index (χ4n) is 2.69. The molecule has 2 rings (SSSR count). The van der Waals surface area contributed by atoms with Crippen LogP contribution >= 0.6 is 11.6 Å². The third-order valence-electron chi connectivity index (χ3n) is 4.32. The zero-order chi connectivity index (χ0) is 20.9. The van der Waals surface area contributed by atoms with Crippen LogP contribution in [-0.4, -0.2) is 51.9 Å². The number of amides is 4. The fourth-order valence-corrected chi connectivity index (χ4v) is 2.80. The number of anilines is 1. The van der Waals surface area contributed by atoms with Gasteiger partial charge >= 0.3 is 12.0 Å². The number of carbonyl (C=O) groups is 4. The van der Waals surface area contributed by atoms with Crippen LogP contribution < -0.4 is 10.6 Å². The lowest BCUT2D eigenvalue weighted by Gasteiger charge is -2.21. The first kappa shape index (κ1) is 21.6. The SMILES string of the molecule is CCCC[C@]1(C)NC(=O)N(CC(=O)O[C@@H](C)C(=O)Nc2ccc(Cl)cn2)C1=O. The number of halogens is 1. The second-order valence-electron chi connectivity index (χ2n) is 6.74. The molecule has 2 heterocycles. The number of nitrogens with one attached hydrogen (secondary N) is 2. The van der Waals surface area contributed by atoms with Crippen LogP contribution in [-0.2, 0) is 19.1 Å². The molecule has 28 heavy (non-hydrogen) atoms. The molecule has 0 spiro atoms. The highest BCUT2D eigenvalue weighted by Gasteiger charge is 2.48. The van der Waals surface area contributed by atoms with Crippen molar-refractivity contribution in [3.8, 4) is 0 Å². The molecule has 1 aromatic rings. The Kier molecular flexibility index (Phi) is 6.95. The quantitative estimate of drug-likeness (QED) is 0.500. The summed E-state index contributed by atoms with van der Waals surface area (Å²) in [5.74, 6) is -1.70. The summed E-state index contributed by atoms with van der Waals surface area (Å²) in [6.07, 6.45) is 2.33. The number of hydrogen-bond acceptors (Lipinski definition) is 6. The predicted molar refractivity (Wildman–Crippen MR) is 102 cm³/mol. The lowest BCUT2D eigenvalue weighted by molar-refractivity contribution is -0.155. The van der Waals surface area contributed by atoms with Crippen LogP contribution in [0.15, 0.2) is 18.3 Å². The van der Waals surface area contributed by atoms with E-state index >= 15 is 0 Å². The molecule has 152 valence electrons. The molecule has 2 atom stereocenters. The molecular formula is C18H23ClN4O5. The van der Waals surface area contributed by atoms with E-state index in [4.69, 9.17) is 16.3 Å². The van der Waals surface area contributed by atoms with E-state index < -0.39 is 42.0 Å². The maximum atomic E-state index is 12.5. The molecule has 0 radical (unpaired) electrons. The van der Waals surface area contributed by atoms with Gasteiger partial charge in [-0.3, -0.25) is 19.3 Å². The van der Waals surface area contributed by atoms with Gasteiger partial charge < -0.3 is 15.4 Å². The van der Waals surface area contributed by atoms with Crippen LogP contribution in [0.2, 0.25) is 5.02 Å². The van der Waals surface area contributed by atoms with Crippen LogP contribution in [0.4, 0.5) is 10.6 Å². The van der Waals surface area contributed by atoms with Gasteiger partial charge in [-0.15, -0.1) is 0 Å². The molecule has 0 saturated carbocycles. The summed E-state index contributed by atoms with van der Waals surface area (Å²) in [7, 11) is 0. The molecule has 9 nitrogen and oxygen atoms in total. The van der Waals surface area contributed by atoms with Gasteiger partial charge in [0.25, 0.3) is 11.8 Å². The average molecular weight is 411 g/mol. The first-order valence-electron chi connectivity index (χ1n) is 8.92. The highest BCUT2D eigenvalue weighted by molar-refractivity contribution is 6.30. The zero-order valence-corrected chi connectivity index (χ0v) is 16.7. The highest BCUT2D eigenvalue weighted by atomic mass is 35.5. The number of urea groups is 1. The second kappa shape index (κ2) is 9.01. The van der Waals surface area contributed by atoms with Gasteiger partial charge in [0.1, 0.15) is 17.9 Å². The topological polar surface area (TPSA) is 118 Å². The summed E-state index contributed by atoms with van der Waals surface area (Å²) in [5.41, 5.74) is -1.03. The monoisotopic (exact) mass is 410 g/mol. The number of pyridine rings is 1. The van der Waals surface area contributed by atoms with Crippen LogP contribution in [0, 0.1) is 0 Å². The lowest BCUT2D eigenvalue weighted by atomic mass is 9.95. The number of hydrogen-bond donors (Lipinski definition) is 2. The van der Waals surface area contributed by atoms with Crippen molar-refractivity contribution in [2.75, 3.05) is 11.9 Å². The molecule has 2 N–H and O–H groups in total. The first-order valence-corrected chi connectivity index (χ1v) is 9.30. The molecule has 1 aliphatic rings. The van der Waals surface area contributed by atoms with Gasteiger partial charge in [0.05, 0.1) is 5.02 Å². The third kappa shape index (κ3) is 5.19. The van der Waals surface area contributed by atoms with Gasteiger partial charge in [0, 0.05) is 6.20 Å². The van der Waals surface area contributed by atoms with E-state index in [-0.39, 0.29) is 5.82 Å². The van der Waals surface area contributed by atoms with E-state index in [1.54, 1.807) is 13.0 Å². The number of ether oxygens (including phenoxy) is 1. The molecule has 10 heteroatoms. The van der Waals surface area contributed by atoms with Crippen molar-refractivity contribution < 1.29 is 23.9 Å². The van der Waals surface area contributed by atoms with Crippen LogP contribution in [0.5, 0.6) is 0 Å². The Bertz CT molecular complexity index is 770. The van der Waals surface area contributed by atoms with Gasteiger partial charge in [-0.25, -0.2) is 9.78 Å². The maximum Gasteiger partial charge on any atom is 0.327 e. The number of carbonyl (C=O) groups excluding carboxylic acids is 4. The molecule has 0 aliphatic carbocycles. The smallest absolute Gasteiger partial charge is 0.327 e. The van der Waals surface area contributed by atoms with Gasteiger partial charge in [-0.1, -0.05) is 31.4 Å². The molecule has 4 amide bonds. The number of imide groups is 1. The van der Waals surface area contributed by atoms with E-state index in [0.29, 0.717) is 11.4 Å². The number of rotatable bonds is 8. The Morgan fingerprint density at radius 3 is 2.71 bits per heavy atom. The summed E-state index contributed by atoms with van der Waals surface area (Å²) in [6.45, 7) is 4.42. The Balaban J connectivity index is 1.90. The number of nitrogens with zero attached hydrogens (tertiary/aromatic N) is 2. The molecule has 1 aliphatic heterocycles. The van der Waals surface area contributed by atoms with Crippen molar-refractivity contribution >= 4 is 41.2 Å². The molecule has 0 aromatic carbocycles. The standard InChI is InChI=1S/C18H23ClN4O5/c1-4-5-8-18(3)16(26)23(17(27)22-18)10-14(24)28-11(2)15(25)21-13-7-6-12(19)9-20-13/h6-7,9,11H,4-5,8,10H2,1-3H3,(H,22,27)(H,20,21,25)/t11-,18-/m0/s1. The van der Waals surface area contributed by atoms with Crippen molar-refractivity contribution in [1.82, 2.24) is 15.2 Å². The van der Waals surface area contributed by atoms with Crippen molar-refractivity contribution in [2.45, 2.75) is 51.7 Å².